The van der Waals surface area contributed by atoms with Crippen LogP contribution in [0.1, 0.15) is 11.4 Å². The lowest BCUT2D eigenvalue weighted by molar-refractivity contribution is 0.733. The molecule has 0 aliphatic carbocycles. The van der Waals surface area contributed by atoms with Gasteiger partial charge in [-0.2, -0.15) is 0 Å². The Bertz CT molecular complexity index is 282. The van der Waals surface area contributed by atoms with E-state index in [-0.39, 0.29) is 0 Å². The highest BCUT2D eigenvalue weighted by Crippen LogP contribution is 1.92. The molecule has 1 N–H and O–H groups in total. The average Bonchev–Trinajstić information content (AvgIpc) is 2.21. The summed E-state index contributed by atoms with van der Waals surface area (Å²) < 4.78 is 0. The summed E-state index contributed by atoms with van der Waals surface area (Å²) in [5, 5.41) is 3.21. The molecule has 0 amide bonds. The van der Waals surface area contributed by atoms with Gasteiger partial charge in [-0.1, -0.05) is 12.2 Å². The number of rotatable bonds is 5. The first-order valence-electron chi connectivity index (χ1n) is 4.52. The van der Waals surface area contributed by atoms with Gasteiger partial charge in [0, 0.05) is 31.4 Å². The molecular formula is C10H14ClN3. The lowest BCUT2D eigenvalue weighted by Gasteiger charge is -2.00. The fourth-order valence-corrected chi connectivity index (χ4v) is 1.07. The molecule has 0 aliphatic heterocycles. The topological polar surface area (TPSA) is 37.8 Å². The molecule has 1 rings (SSSR count). The zero-order valence-electron chi connectivity index (χ0n) is 8.20. The molecule has 0 bridgehead atoms. The van der Waals surface area contributed by atoms with E-state index in [1.807, 2.05) is 19.1 Å². The number of halogens is 1. The van der Waals surface area contributed by atoms with Crippen molar-refractivity contribution >= 4 is 11.6 Å². The second-order valence-corrected chi connectivity index (χ2v) is 3.21. The van der Waals surface area contributed by atoms with Gasteiger partial charge in [0.05, 0.1) is 11.4 Å². The fraction of sp³-hybridized carbons (Fsp3) is 0.400. The van der Waals surface area contributed by atoms with Gasteiger partial charge in [0.15, 0.2) is 0 Å². The lowest BCUT2D eigenvalue weighted by Crippen LogP contribution is -2.14. The van der Waals surface area contributed by atoms with E-state index >= 15 is 0 Å². The third kappa shape index (κ3) is 4.35. The highest BCUT2D eigenvalue weighted by Gasteiger charge is 1.92. The van der Waals surface area contributed by atoms with Crippen molar-refractivity contribution in [3.05, 3.63) is 35.9 Å². The van der Waals surface area contributed by atoms with Crippen LogP contribution in [-0.2, 0) is 6.54 Å². The minimum absolute atomic E-state index is 0.562. The van der Waals surface area contributed by atoms with Gasteiger partial charge >= 0.3 is 0 Å². The summed E-state index contributed by atoms with van der Waals surface area (Å²) in [5.74, 6) is 0.562. The van der Waals surface area contributed by atoms with E-state index in [1.54, 1.807) is 12.4 Å². The molecule has 0 unspecified atom stereocenters. The van der Waals surface area contributed by atoms with E-state index in [1.165, 1.54) is 0 Å². The van der Waals surface area contributed by atoms with E-state index in [0.717, 1.165) is 24.5 Å². The number of aryl methyl sites for hydroxylation is 1. The number of aromatic nitrogens is 2. The fourth-order valence-electron chi connectivity index (χ4n) is 0.941. The predicted octanol–water partition coefficient (Wildman–Crippen LogP) is 1.67. The third-order valence-corrected chi connectivity index (χ3v) is 1.84. The van der Waals surface area contributed by atoms with Crippen molar-refractivity contribution in [2.45, 2.75) is 13.5 Å². The van der Waals surface area contributed by atoms with Crippen LogP contribution < -0.4 is 5.32 Å². The van der Waals surface area contributed by atoms with Crippen molar-refractivity contribution in [2.24, 2.45) is 0 Å². The minimum atomic E-state index is 0.562. The molecule has 0 aromatic carbocycles. The summed E-state index contributed by atoms with van der Waals surface area (Å²) >= 11 is 5.48. The smallest absolute Gasteiger partial charge is 0.0724 e. The first-order valence-corrected chi connectivity index (χ1v) is 5.05. The molecule has 1 heterocycles. The molecule has 3 nitrogen and oxygen atoms in total. The maximum atomic E-state index is 5.48. The maximum absolute atomic E-state index is 5.48. The van der Waals surface area contributed by atoms with Crippen LogP contribution in [0.15, 0.2) is 24.5 Å². The van der Waals surface area contributed by atoms with Gasteiger partial charge in [0.25, 0.3) is 0 Å². The van der Waals surface area contributed by atoms with E-state index in [2.05, 4.69) is 15.3 Å². The maximum Gasteiger partial charge on any atom is 0.0724 e. The largest absolute Gasteiger partial charge is 0.308 e. The van der Waals surface area contributed by atoms with Gasteiger partial charge in [0.2, 0.25) is 0 Å². The van der Waals surface area contributed by atoms with Crippen LogP contribution in [0.2, 0.25) is 0 Å². The molecule has 0 radical (unpaired) electrons. The zero-order valence-corrected chi connectivity index (χ0v) is 8.96. The second kappa shape index (κ2) is 6.51. The molecule has 0 atom stereocenters. The Balaban J connectivity index is 2.25. The van der Waals surface area contributed by atoms with Crippen LogP contribution in [0.4, 0.5) is 0 Å². The minimum Gasteiger partial charge on any atom is -0.308 e. The van der Waals surface area contributed by atoms with Crippen molar-refractivity contribution in [1.29, 1.82) is 0 Å². The van der Waals surface area contributed by atoms with Crippen LogP contribution in [0.5, 0.6) is 0 Å². The van der Waals surface area contributed by atoms with Gasteiger partial charge in [0.1, 0.15) is 0 Å². The molecule has 1 aromatic heterocycles. The molecule has 1 aromatic rings. The normalized spacial score (nSPS) is 11.0. The molecule has 4 heteroatoms. The average molecular weight is 212 g/mol. The number of hydrogen-bond acceptors (Lipinski definition) is 3. The van der Waals surface area contributed by atoms with Gasteiger partial charge in [-0.3, -0.25) is 9.97 Å². The van der Waals surface area contributed by atoms with E-state index in [4.69, 9.17) is 11.6 Å². The van der Waals surface area contributed by atoms with Gasteiger partial charge in [-0.15, -0.1) is 11.6 Å². The highest BCUT2D eigenvalue weighted by atomic mass is 35.5. The summed E-state index contributed by atoms with van der Waals surface area (Å²) in [7, 11) is 0. The molecule has 0 saturated carbocycles. The molecule has 14 heavy (non-hydrogen) atoms. The first kappa shape index (κ1) is 11.1. The van der Waals surface area contributed by atoms with Crippen LogP contribution in [0.25, 0.3) is 0 Å². The van der Waals surface area contributed by atoms with Gasteiger partial charge in [-0.05, 0) is 6.92 Å². The van der Waals surface area contributed by atoms with E-state index < -0.39 is 0 Å². The molecule has 0 fully saturated rings. The number of hydrogen-bond donors (Lipinski definition) is 1. The summed E-state index contributed by atoms with van der Waals surface area (Å²) in [5.41, 5.74) is 1.89. The van der Waals surface area contributed by atoms with Crippen molar-refractivity contribution < 1.29 is 0 Å². The van der Waals surface area contributed by atoms with E-state index in [0.29, 0.717) is 5.88 Å². The molecule has 0 spiro atoms. The standard InChI is InChI=1S/C10H14ClN3/c1-9-6-14-10(8-13-9)7-12-5-3-2-4-11/h2-3,6,8,12H,4-5,7H2,1H3/b3-2+. The summed E-state index contributed by atoms with van der Waals surface area (Å²) in [6.45, 7) is 3.47. The van der Waals surface area contributed by atoms with Crippen molar-refractivity contribution in [3.63, 3.8) is 0 Å². The zero-order chi connectivity index (χ0) is 10.2. The Morgan fingerprint density at radius 1 is 1.36 bits per heavy atom. The van der Waals surface area contributed by atoms with E-state index in [9.17, 15) is 0 Å². The third-order valence-electron chi connectivity index (χ3n) is 1.66. The monoisotopic (exact) mass is 211 g/mol. The predicted molar refractivity (Wildman–Crippen MR) is 58.3 cm³/mol. The molecule has 0 aliphatic rings. The SMILES string of the molecule is Cc1cnc(CNC/C=C/CCl)cn1. The Kier molecular flexibility index (Phi) is 5.19. The van der Waals surface area contributed by atoms with Crippen molar-refractivity contribution in [3.8, 4) is 0 Å². The van der Waals surface area contributed by atoms with Gasteiger partial charge < -0.3 is 5.32 Å². The van der Waals surface area contributed by atoms with Crippen molar-refractivity contribution in [1.82, 2.24) is 15.3 Å². The Hall–Kier alpha value is -0.930. The Morgan fingerprint density at radius 3 is 2.86 bits per heavy atom. The molecule has 76 valence electrons. The quantitative estimate of drug-likeness (QED) is 0.458. The lowest BCUT2D eigenvalue weighted by atomic mass is 10.4. The Morgan fingerprint density at radius 2 is 2.21 bits per heavy atom. The Labute approximate surface area is 89.2 Å². The summed E-state index contributed by atoms with van der Waals surface area (Å²) in [6, 6.07) is 0. The first-order chi connectivity index (χ1) is 6.83. The van der Waals surface area contributed by atoms with Crippen molar-refractivity contribution in [2.75, 3.05) is 12.4 Å². The molecule has 0 saturated heterocycles. The van der Waals surface area contributed by atoms with Crippen LogP contribution in [0.3, 0.4) is 0 Å². The molecular weight excluding hydrogens is 198 g/mol. The summed E-state index contributed by atoms with van der Waals surface area (Å²) in [6.07, 6.45) is 7.46. The van der Waals surface area contributed by atoms with Gasteiger partial charge in [-0.25, -0.2) is 0 Å². The van der Waals surface area contributed by atoms with Crippen LogP contribution in [-0.4, -0.2) is 22.4 Å². The van der Waals surface area contributed by atoms with Crippen LogP contribution >= 0.6 is 11.6 Å². The second-order valence-electron chi connectivity index (χ2n) is 2.91. The number of allylic oxidation sites excluding steroid dienone is 1. The number of nitrogens with one attached hydrogen (secondary N) is 1. The number of alkyl halides is 1. The summed E-state index contributed by atoms with van der Waals surface area (Å²) in [4.78, 5) is 8.37. The highest BCUT2D eigenvalue weighted by molar-refractivity contribution is 6.18. The number of nitrogens with zero attached hydrogens (tertiary/aromatic N) is 2. The van der Waals surface area contributed by atoms with Crippen LogP contribution in [0, 0.1) is 6.92 Å².